The highest BCUT2D eigenvalue weighted by molar-refractivity contribution is 6.15. The fourth-order valence-corrected chi connectivity index (χ4v) is 7.83. The lowest BCUT2D eigenvalue weighted by atomic mass is 9.99. The van der Waals surface area contributed by atoms with Gasteiger partial charge in [-0.25, -0.2) is 15.0 Å². The van der Waals surface area contributed by atoms with Crippen LogP contribution in [0.5, 0.6) is 11.5 Å². The van der Waals surface area contributed by atoms with Gasteiger partial charge in [-0.3, -0.25) is 0 Å². The lowest BCUT2D eigenvalue weighted by Crippen LogP contribution is -2.15. The highest BCUT2D eigenvalue weighted by atomic mass is 16.5. The van der Waals surface area contributed by atoms with Crippen LogP contribution in [0.25, 0.3) is 78.4 Å². The summed E-state index contributed by atoms with van der Waals surface area (Å²) in [6.45, 7) is 0. The third-order valence-corrected chi connectivity index (χ3v) is 10.5. The molecule has 0 N–H and O–H groups in total. The lowest BCUT2D eigenvalue weighted by Gasteiger charge is -2.33. The normalized spacial score (nSPS) is 12.0. The Bertz CT molecular complexity index is 3030. The molecule has 0 fully saturated rings. The highest BCUT2D eigenvalue weighted by Gasteiger charge is 2.26. The fourth-order valence-electron chi connectivity index (χ4n) is 7.83. The molecule has 0 amide bonds. The van der Waals surface area contributed by atoms with E-state index in [0.717, 1.165) is 89.4 Å². The standard InChI is InChI=1S/C51H32N4O2/c1-4-14-33(15-5-1)37-28-31-43-46(32-37)56-44-24-11-10-23-42(44)55(43)38-29-26-34(27-30-38)39-20-12-21-40-47-41(22-13-25-45(47)57-48(39)40)51-53-49(35-16-6-2-7-17-35)52-50(54-51)36-18-8-3-9-19-36/h1-32H. The monoisotopic (exact) mass is 732 g/mol. The van der Waals surface area contributed by atoms with Crippen LogP contribution in [-0.4, -0.2) is 15.0 Å². The molecule has 3 heterocycles. The summed E-state index contributed by atoms with van der Waals surface area (Å²) < 4.78 is 13.2. The first-order valence-corrected chi connectivity index (χ1v) is 18.9. The summed E-state index contributed by atoms with van der Waals surface area (Å²) >= 11 is 0. The van der Waals surface area contributed by atoms with Gasteiger partial charge in [0.25, 0.3) is 0 Å². The maximum atomic E-state index is 6.72. The molecular weight excluding hydrogens is 701 g/mol. The van der Waals surface area contributed by atoms with Gasteiger partial charge in [0.15, 0.2) is 29.0 Å². The van der Waals surface area contributed by atoms with Gasteiger partial charge in [-0.2, -0.15) is 0 Å². The predicted molar refractivity (Wildman–Crippen MR) is 229 cm³/mol. The molecule has 57 heavy (non-hydrogen) atoms. The third kappa shape index (κ3) is 5.70. The van der Waals surface area contributed by atoms with Crippen molar-refractivity contribution in [2.45, 2.75) is 0 Å². The van der Waals surface area contributed by atoms with Crippen molar-refractivity contribution in [2.75, 3.05) is 4.90 Å². The van der Waals surface area contributed by atoms with Crippen LogP contribution < -0.4 is 9.64 Å². The molecule has 0 aliphatic carbocycles. The Kier molecular flexibility index (Phi) is 7.71. The quantitative estimate of drug-likeness (QED) is 0.170. The van der Waals surface area contributed by atoms with E-state index in [2.05, 4.69) is 102 Å². The summed E-state index contributed by atoms with van der Waals surface area (Å²) in [5, 5.41) is 1.96. The average molecular weight is 733 g/mol. The van der Waals surface area contributed by atoms with Crippen LogP contribution in [0.4, 0.5) is 17.1 Å². The molecule has 8 aromatic carbocycles. The summed E-state index contributed by atoms with van der Waals surface area (Å²) in [5.41, 5.74) is 11.6. The Morgan fingerprint density at radius 3 is 1.68 bits per heavy atom. The molecular formula is C51H32N4O2. The molecule has 268 valence electrons. The summed E-state index contributed by atoms with van der Waals surface area (Å²) in [7, 11) is 0. The Morgan fingerprint density at radius 2 is 0.965 bits per heavy atom. The largest absolute Gasteiger partial charge is 0.455 e. The number of rotatable bonds is 6. The molecule has 11 rings (SSSR count). The Labute approximate surface area is 329 Å². The Morgan fingerprint density at radius 1 is 0.386 bits per heavy atom. The molecule has 0 radical (unpaired) electrons. The molecule has 6 heteroatoms. The minimum atomic E-state index is 0.590. The summed E-state index contributed by atoms with van der Waals surface area (Å²) in [5.74, 6) is 3.45. The van der Waals surface area contributed by atoms with E-state index in [1.165, 1.54) is 0 Å². The van der Waals surface area contributed by atoms with E-state index in [1.54, 1.807) is 0 Å². The van der Waals surface area contributed by atoms with E-state index >= 15 is 0 Å². The number of anilines is 3. The molecule has 0 atom stereocenters. The molecule has 1 aliphatic heterocycles. The number of hydrogen-bond donors (Lipinski definition) is 0. The first-order chi connectivity index (χ1) is 28.2. The van der Waals surface area contributed by atoms with Gasteiger partial charge in [0, 0.05) is 38.7 Å². The average Bonchev–Trinajstić information content (AvgIpc) is 3.68. The van der Waals surface area contributed by atoms with Gasteiger partial charge < -0.3 is 14.1 Å². The predicted octanol–water partition coefficient (Wildman–Crippen LogP) is 13.7. The van der Waals surface area contributed by atoms with Crippen molar-refractivity contribution in [3.63, 3.8) is 0 Å². The zero-order chi connectivity index (χ0) is 37.7. The second kappa shape index (κ2) is 13.5. The van der Waals surface area contributed by atoms with Crippen LogP contribution in [0.2, 0.25) is 0 Å². The van der Waals surface area contributed by atoms with Crippen molar-refractivity contribution >= 4 is 39.0 Å². The van der Waals surface area contributed by atoms with Crippen molar-refractivity contribution < 1.29 is 9.15 Å². The Hall–Kier alpha value is -7.83. The van der Waals surface area contributed by atoms with E-state index in [-0.39, 0.29) is 0 Å². The van der Waals surface area contributed by atoms with Crippen molar-refractivity contribution in [2.24, 2.45) is 0 Å². The first-order valence-electron chi connectivity index (χ1n) is 18.9. The minimum Gasteiger partial charge on any atom is -0.455 e. The van der Waals surface area contributed by atoms with Crippen LogP contribution in [0.3, 0.4) is 0 Å². The van der Waals surface area contributed by atoms with Crippen molar-refractivity contribution in [1.82, 2.24) is 15.0 Å². The SMILES string of the molecule is c1ccc(-c2ccc3c(c2)Oc2ccccc2N3c2ccc(-c3cccc4c3oc3cccc(-c5nc(-c6ccccc6)nc(-c6ccccc6)n5)c34)cc2)cc1. The second-order valence-corrected chi connectivity index (χ2v) is 14.0. The fraction of sp³-hybridized carbons (Fsp3) is 0. The number of benzene rings is 8. The van der Waals surface area contributed by atoms with E-state index in [0.29, 0.717) is 17.5 Å². The van der Waals surface area contributed by atoms with Crippen molar-refractivity contribution in [3.8, 4) is 67.9 Å². The molecule has 1 aliphatic rings. The maximum Gasteiger partial charge on any atom is 0.164 e. The van der Waals surface area contributed by atoms with Gasteiger partial charge >= 0.3 is 0 Å². The molecule has 6 nitrogen and oxygen atoms in total. The number of ether oxygens (including phenoxy) is 1. The van der Waals surface area contributed by atoms with Crippen LogP contribution in [0.15, 0.2) is 199 Å². The Balaban J connectivity index is 1.01. The molecule has 0 saturated carbocycles. The van der Waals surface area contributed by atoms with Gasteiger partial charge in [0.05, 0.1) is 11.4 Å². The summed E-state index contributed by atoms with van der Waals surface area (Å²) in [6, 6.07) is 66.2. The first kappa shape index (κ1) is 32.6. The number of fused-ring (bicyclic) bond motifs is 5. The zero-order valence-electron chi connectivity index (χ0n) is 30.6. The molecule has 2 aromatic heterocycles. The van der Waals surface area contributed by atoms with Gasteiger partial charge in [0.1, 0.15) is 11.2 Å². The molecule has 0 bridgehead atoms. The van der Waals surface area contributed by atoms with Crippen molar-refractivity contribution in [1.29, 1.82) is 0 Å². The molecule has 0 unspecified atom stereocenters. The molecule has 10 aromatic rings. The van der Waals surface area contributed by atoms with Crippen LogP contribution >= 0.6 is 0 Å². The van der Waals surface area contributed by atoms with E-state index < -0.39 is 0 Å². The third-order valence-electron chi connectivity index (χ3n) is 10.5. The van der Waals surface area contributed by atoms with Gasteiger partial charge in [0.2, 0.25) is 0 Å². The van der Waals surface area contributed by atoms with Crippen LogP contribution in [-0.2, 0) is 0 Å². The molecule has 0 spiro atoms. The number of hydrogen-bond acceptors (Lipinski definition) is 6. The smallest absolute Gasteiger partial charge is 0.164 e. The van der Waals surface area contributed by atoms with Crippen LogP contribution in [0, 0.1) is 0 Å². The number of nitrogens with zero attached hydrogens (tertiary/aromatic N) is 4. The summed E-state index contributed by atoms with van der Waals surface area (Å²) in [6.07, 6.45) is 0. The number of aromatic nitrogens is 3. The molecule has 0 saturated heterocycles. The lowest BCUT2D eigenvalue weighted by molar-refractivity contribution is 0.477. The summed E-state index contributed by atoms with van der Waals surface area (Å²) in [4.78, 5) is 17.3. The minimum absolute atomic E-state index is 0.590. The second-order valence-electron chi connectivity index (χ2n) is 14.0. The van der Waals surface area contributed by atoms with Crippen LogP contribution in [0.1, 0.15) is 0 Å². The van der Waals surface area contributed by atoms with Crippen molar-refractivity contribution in [3.05, 3.63) is 194 Å². The number of para-hydroxylation sites is 3. The van der Waals surface area contributed by atoms with E-state index in [4.69, 9.17) is 24.1 Å². The number of furan rings is 1. The maximum absolute atomic E-state index is 6.72. The topological polar surface area (TPSA) is 64.3 Å². The van der Waals surface area contributed by atoms with Gasteiger partial charge in [-0.1, -0.05) is 152 Å². The zero-order valence-corrected chi connectivity index (χ0v) is 30.6. The van der Waals surface area contributed by atoms with E-state index in [1.807, 2.05) is 97.1 Å². The van der Waals surface area contributed by atoms with E-state index in [9.17, 15) is 0 Å². The highest BCUT2D eigenvalue weighted by Crippen LogP contribution is 2.51. The van der Waals surface area contributed by atoms with Gasteiger partial charge in [-0.05, 0) is 59.2 Å². The van der Waals surface area contributed by atoms with Gasteiger partial charge in [-0.15, -0.1) is 0 Å².